The maximum atomic E-state index is 13.1. The molecule has 26 heavy (non-hydrogen) atoms. The van der Waals surface area contributed by atoms with Gasteiger partial charge in [-0.05, 0) is 78.5 Å². The van der Waals surface area contributed by atoms with Gasteiger partial charge in [0.15, 0.2) is 0 Å². The molecule has 4 rings (SSSR count). The van der Waals surface area contributed by atoms with E-state index in [1.165, 1.54) is 36.1 Å². The van der Waals surface area contributed by atoms with Gasteiger partial charge < -0.3 is 5.32 Å². The third-order valence-corrected chi connectivity index (χ3v) is 7.94. The lowest BCUT2D eigenvalue weighted by Gasteiger charge is -2.33. The number of carbonyl (C=O) groups is 1. The highest BCUT2D eigenvalue weighted by Gasteiger charge is 2.43. The Morgan fingerprint density at radius 3 is 2.65 bits per heavy atom. The number of hydrogen-bond acceptors (Lipinski definition) is 4. The summed E-state index contributed by atoms with van der Waals surface area (Å²) in [6, 6.07) is 6.46. The molecule has 2 aromatic rings. The smallest absolute Gasteiger partial charge is 0.231 e. The molecule has 0 atom stereocenters. The first-order valence-electron chi connectivity index (χ1n) is 9.82. The van der Waals surface area contributed by atoms with Gasteiger partial charge in [0.05, 0.1) is 5.41 Å². The van der Waals surface area contributed by atoms with E-state index in [1.54, 1.807) is 22.7 Å². The number of carbonyl (C=O) groups excluding carboxylic acids is 1. The Kier molecular flexibility index (Phi) is 5.77. The van der Waals surface area contributed by atoms with Gasteiger partial charge in [-0.2, -0.15) is 11.3 Å². The average molecular weight is 389 g/mol. The van der Waals surface area contributed by atoms with Crippen molar-refractivity contribution in [1.29, 1.82) is 0 Å². The highest BCUT2D eigenvalue weighted by Crippen LogP contribution is 2.43. The van der Waals surface area contributed by atoms with E-state index < -0.39 is 0 Å². The number of thiophene rings is 2. The Balaban J connectivity index is 1.27. The maximum Gasteiger partial charge on any atom is 0.231 e. The highest BCUT2D eigenvalue weighted by molar-refractivity contribution is 7.10. The van der Waals surface area contributed by atoms with Crippen molar-refractivity contribution < 1.29 is 4.79 Å². The first-order chi connectivity index (χ1) is 12.8. The number of likely N-dealkylation sites (tertiary alicyclic amines) is 1. The minimum Gasteiger partial charge on any atom is -0.355 e. The molecule has 0 unspecified atom stereocenters. The lowest BCUT2D eigenvalue weighted by molar-refractivity contribution is -0.126. The van der Waals surface area contributed by atoms with Gasteiger partial charge in [0.25, 0.3) is 0 Å². The Hall–Kier alpha value is -1.17. The monoisotopic (exact) mass is 388 g/mol. The predicted octanol–water partition coefficient (Wildman–Crippen LogP) is 4.65. The van der Waals surface area contributed by atoms with Crippen molar-refractivity contribution in [3.05, 3.63) is 44.8 Å². The zero-order valence-electron chi connectivity index (χ0n) is 15.3. The summed E-state index contributed by atoms with van der Waals surface area (Å²) in [6.07, 6.45) is 6.75. The molecule has 0 spiro atoms. The van der Waals surface area contributed by atoms with E-state index in [0.29, 0.717) is 5.92 Å². The molecule has 1 saturated carbocycles. The summed E-state index contributed by atoms with van der Waals surface area (Å²) in [5, 5.41) is 9.84. The van der Waals surface area contributed by atoms with E-state index in [-0.39, 0.29) is 11.3 Å². The van der Waals surface area contributed by atoms with Gasteiger partial charge in [0.1, 0.15) is 0 Å². The van der Waals surface area contributed by atoms with Crippen LogP contribution in [0.25, 0.3) is 0 Å². The van der Waals surface area contributed by atoms with Crippen LogP contribution in [0.3, 0.4) is 0 Å². The fraction of sp³-hybridized carbons (Fsp3) is 0.571. The van der Waals surface area contributed by atoms with Crippen LogP contribution in [0, 0.1) is 5.92 Å². The summed E-state index contributed by atoms with van der Waals surface area (Å²) in [6.45, 7) is 4.21. The molecule has 2 fully saturated rings. The van der Waals surface area contributed by atoms with Crippen molar-refractivity contribution in [2.75, 3.05) is 19.6 Å². The van der Waals surface area contributed by atoms with Crippen LogP contribution < -0.4 is 5.32 Å². The molecule has 3 heterocycles. The second kappa shape index (κ2) is 8.24. The van der Waals surface area contributed by atoms with Crippen LogP contribution in [0.15, 0.2) is 34.3 Å². The second-order valence-corrected chi connectivity index (χ2v) is 9.56. The minimum absolute atomic E-state index is 0.242. The van der Waals surface area contributed by atoms with Gasteiger partial charge in [-0.15, -0.1) is 11.3 Å². The third-order valence-electron chi connectivity index (χ3n) is 6.13. The highest BCUT2D eigenvalue weighted by atomic mass is 32.1. The predicted molar refractivity (Wildman–Crippen MR) is 110 cm³/mol. The van der Waals surface area contributed by atoms with Crippen LogP contribution in [0.4, 0.5) is 0 Å². The van der Waals surface area contributed by atoms with Gasteiger partial charge in [0, 0.05) is 18.0 Å². The molecule has 0 aromatic carbocycles. The first kappa shape index (κ1) is 18.2. The fourth-order valence-corrected chi connectivity index (χ4v) is 6.15. The van der Waals surface area contributed by atoms with Crippen molar-refractivity contribution in [1.82, 2.24) is 10.2 Å². The number of amides is 1. The molecular formula is C21H28N2OS2. The van der Waals surface area contributed by atoms with Crippen molar-refractivity contribution in [2.45, 2.75) is 50.5 Å². The van der Waals surface area contributed by atoms with Crippen LogP contribution >= 0.6 is 22.7 Å². The molecule has 0 radical (unpaired) electrons. The van der Waals surface area contributed by atoms with E-state index in [9.17, 15) is 4.79 Å². The molecule has 1 aliphatic carbocycles. The number of nitrogens with one attached hydrogen (secondary N) is 1. The molecule has 1 aliphatic heterocycles. The van der Waals surface area contributed by atoms with E-state index in [4.69, 9.17) is 0 Å². The molecule has 1 N–H and O–H groups in total. The summed E-state index contributed by atoms with van der Waals surface area (Å²) in [5.74, 6) is 0.901. The zero-order chi connectivity index (χ0) is 17.8. The summed E-state index contributed by atoms with van der Waals surface area (Å²) in [7, 11) is 0. The summed E-state index contributed by atoms with van der Waals surface area (Å²) < 4.78 is 0. The lowest BCUT2D eigenvalue weighted by Crippen LogP contribution is -2.45. The Bertz CT molecular complexity index is 682. The van der Waals surface area contributed by atoms with Gasteiger partial charge in [-0.1, -0.05) is 18.9 Å². The standard InChI is InChI=1S/C21H28N2OS2/c24-20(21(8-1-2-9-21)19-4-3-12-26-19)22-14-17-5-10-23(11-6-17)15-18-7-13-25-16-18/h3-4,7,12-13,16-17H,1-2,5-6,8-11,14-15H2,(H,22,24). The number of piperidine rings is 1. The Morgan fingerprint density at radius 1 is 1.19 bits per heavy atom. The van der Waals surface area contributed by atoms with Crippen molar-refractivity contribution in [3.63, 3.8) is 0 Å². The topological polar surface area (TPSA) is 32.3 Å². The van der Waals surface area contributed by atoms with Gasteiger partial charge in [-0.25, -0.2) is 0 Å². The molecule has 2 aliphatic rings. The number of rotatable bonds is 6. The lowest BCUT2D eigenvalue weighted by atomic mass is 9.83. The second-order valence-electron chi connectivity index (χ2n) is 7.83. The van der Waals surface area contributed by atoms with E-state index >= 15 is 0 Å². The van der Waals surface area contributed by atoms with Gasteiger partial charge in [-0.3, -0.25) is 9.69 Å². The summed E-state index contributed by atoms with van der Waals surface area (Å²) in [4.78, 5) is 16.9. The molecule has 5 heteroatoms. The minimum atomic E-state index is -0.242. The molecule has 1 amide bonds. The SMILES string of the molecule is O=C(NCC1CCN(Cc2ccsc2)CC1)C1(c2cccs2)CCCC1. The fourth-order valence-electron chi connectivity index (χ4n) is 4.51. The van der Waals surface area contributed by atoms with Crippen molar-refractivity contribution in [2.24, 2.45) is 5.92 Å². The Morgan fingerprint density at radius 2 is 2.00 bits per heavy atom. The third kappa shape index (κ3) is 3.90. The average Bonchev–Trinajstić information content (AvgIpc) is 3.42. The van der Waals surface area contributed by atoms with Crippen LogP contribution in [-0.4, -0.2) is 30.4 Å². The first-order valence-corrected chi connectivity index (χ1v) is 11.6. The van der Waals surface area contributed by atoms with Crippen molar-refractivity contribution in [3.8, 4) is 0 Å². The van der Waals surface area contributed by atoms with Crippen LogP contribution in [0.2, 0.25) is 0 Å². The normalized spacial score (nSPS) is 21.1. The van der Waals surface area contributed by atoms with Gasteiger partial charge in [0.2, 0.25) is 5.91 Å². The van der Waals surface area contributed by atoms with E-state index in [0.717, 1.165) is 39.0 Å². The zero-order valence-corrected chi connectivity index (χ0v) is 16.9. The van der Waals surface area contributed by atoms with E-state index in [2.05, 4.69) is 44.6 Å². The molecule has 3 nitrogen and oxygen atoms in total. The molecule has 2 aromatic heterocycles. The summed E-state index contributed by atoms with van der Waals surface area (Å²) >= 11 is 3.52. The molecule has 1 saturated heterocycles. The van der Waals surface area contributed by atoms with Crippen molar-refractivity contribution >= 4 is 28.6 Å². The van der Waals surface area contributed by atoms with Gasteiger partial charge >= 0.3 is 0 Å². The Labute approximate surface area is 164 Å². The number of hydrogen-bond donors (Lipinski definition) is 1. The van der Waals surface area contributed by atoms with Crippen LogP contribution in [0.1, 0.15) is 49.0 Å². The molecule has 0 bridgehead atoms. The maximum absolute atomic E-state index is 13.1. The van der Waals surface area contributed by atoms with Crippen LogP contribution in [-0.2, 0) is 16.8 Å². The van der Waals surface area contributed by atoms with Crippen LogP contribution in [0.5, 0.6) is 0 Å². The largest absolute Gasteiger partial charge is 0.355 e. The quantitative estimate of drug-likeness (QED) is 0.781. The molecular weight excluding hydrogens is 360 g/mol. The van der Waals surface area contributed by atoms with E-state index in [1.807, 2.05) is 0 Å². The summed E-state index contributed by atoms with van der Waals surface area (Å²) in [5.41, 5.74) is 1.19. The number of nitrogens with zero attached hydrogens (tertiary/aromatic N) is 1. The molecule has 140 valence electrons.